The lowest BCUT2D eigenvalue weighted by Crippen LogP contribution is -2.21. The second kappa shape index (κ2) is 11.6. The quantitative estimate of drug-likeness (QED) is 0.204. The van der Waals surface area contributed by atoms with Gasteiger partial charge in [-0.2, -0.15) is 0 Å². The molecule has 3 N–H and O–H groups in total. The van der Waals surface area contributed by atoms with Crippen molar-refractivity contribution in [3.8, 4) is 11.1 Å². The summed E-state index contributed by atoms with van der Waals surface area (Å²) in [5.74, 6) is -3.69. The van der Waals surface area contributed by atoms with Gasteiger partial charge in [-0.15, -0.1) is 0 Å². The van der Waals surface area contributed by atoms with E-state index < -0.39 is 36.3 Å². The molecule has 7 nitrogen and oxygen atoms in total. The molecule has 0 unspecified atom stereocenters. The molecule has 0 radical (unpaired) electrons. The van der Waals surface area contributed by atoms with Crippen LogP contribution in [0.4, 0.5) is 5.82 Å². The molecular weight excluding hydrogens is 586 g/mol. The predicted octanol–water partition coefficient (Wildman–Crippen LogP) is 7.32. The summed E-state index contributed by atoms with van der Waals surface area (Å²) in [6.45, 7) is 0. The predicted molar refractivity (Wildman–Crippen MR) is 152 cm³/mol. The van der Waals surface area contributed by atoms with Gasteiger partial charge in [-0.3, -0.25) is 23.7 Å². The van der Waals surface area contributed by atoms with Gasteiger partial charge in [0.05, 0.1) is 22.0 Å². The van der Waals surface area contributed by atoms with Crippen LogP contribution in [0.3, 0.4) is 0 Å². The Kier molecular flexibility index (Phi) is 8.47. The standard InChI is InChI=1S/C28H18Cl4N2O5/c29-16-7-8-17(19(31)13-16)23-24(26(38)15-6-9-18(30)20(32)12-15)28(33)34(21(35)10-11-22(36)37)25(23)27(39)14-4-2-1-3-5-14/h1-9,12-13H,10-11,33H2,(H,36,37). The molecule has 0 aliphatic rings. The zero-order valence-electron chi connectivity index (χ0n) is 19.9. The number of aliphatic carboxylic acids is 1. The molecular formula is C28H18Cl4N2O5. The van der Waals surface area contributed by atoms with Crippen molar-refractivity contribution in [1.82, 2.24) is 4.57 Å². The maximum absolute atomic E-state index is 13.9. The minimum atomic E-state index is -1.22. The van der Waals surface area contributed by atoms with E-state index >= 15 is 0 Å². The molecule has 0 saturated carbocycles. The minimum Gasteiger partial charge on any atom is -0.481 e. The van der Waals surface area contributed by atoms with Crippen LogP contribution in [0.25, 0.3) is 11.1 Å². The van der Waals surface area contributed by atoms with Crippen LogP contribution in [0.1, 0.15) is 49.6 Å². The summed E-state index contributed by atoms with van der Waals surface area (Å²) < 4.78 is 0.878. The Labute approximate surface area is 242 Å². The van der Waals surface area contributed by atoms with Crippen LogP contribution in [-0.4, -0.2) is 33.1 Å². The van der Waals surface area contributed by atoms with Crippen molar-refractivity contribution >= 4 is 75.7 Å². The van der Waals surface area contributed by atoms with Crippen LogP contribution in [0.5, 0.6) is 0 Å². The molecule has 1 heterocycles. The first-order valence-corrected chi connectivity index (χ1v) is 12.9. The zero-order valence-corrected chi connectivity index (χ0v) is 22.9. The highest BCUT2D eigenvalue weighted by Gasteiger charge is 2.34. The Morgan fingerprint density at radius 2 is 1.44 bits per heavy atom. The molecule has 0 fully saturated rings. The number of aromatic nitrogens is 1. The Bertz CT molecular complexity index is 1650. The van der Waals surface area contributed by atoms with Crippen molar-refractivity contribution in [2.45, 2.75) is 12.8 Å². The van der Waals surface area contributed by atoms with E-state index in [9.17, 15) is 19.2 Å². The summed E-state index contributed by atoms with van der Waals surface area (Å²) in [5.41, 5.74) is 6.48. The number of rotatable bonds is 8. The molecule has 11 heteroatoms. The van der Waals surface area contributed by atoms with E-state index in [1.807, 2.05) is 0 Å². The van der Waals surface area contributed by atoms with Gasteiger partial charge >= 0.3 is 5.97 Å². The normalized spacial score (nSPS) is 10.9. The van der Waals surface area contributed by atoms with Crippen LogP contribution in [-0.2, 0) is 4.79 Å². The van der Waals surface area contributed by atoms with Gasteiger partial charge in [0.1, 0.15) is 11.5 Å². The third-order valence-electron chi connectivity index (χ3n) is 5.87. The molecule has 4 rings (SSSR count). The summed E-state index contributed by atoms with van der Waals surface area (Å²) in [6, 6.07) is 16.6. The lowest BCUT2D eigenvalue weighted by Gasteiger charge is -2.12. The minimum absolute atomic E-state index is 0.0113. The Morgan fingerprint density at radius 3 is 2.05 bits per heavy atom. The number of hydrogen-bond acceptors (Lipinski definition) is 5. The number of carbonyl (C=O) groups excluding carboxylic acids is 3. The molecule has 0 aliphatic carbocycles. The van der Waals surface area contributed by atoms with Crippen molar-refractivity contribution in [2.75, 3.05) is 5.73 Å². The largest absolute Gasteiger partial charge is 0.481 e. The number of carboxylic acids is 1. The van der Waals surface area contributed by atoms with Crippen LogP contribution >= 0.6 is 46.4 Å². The smallest absolute Gasteiger partial charge is 0.303 e. The maximum atomic E-state index is 13.9. The van der Waals surface area contributed by atoms with Gasteiger partial charge in [0, 0.05) is 38.7 Å². The van der Waals surface area contributed by atoms with E-state index in [0.717, 1.165) is 4.57 Å². The fourth-order valence-electron chi connectivity index (χ4n) is 4.08. The number of hydrogen-bond donors (Lipinski definition) is 2. The molecule has 0 bridgehead atoms. The number of nitrogen functional groups attached to an aromatic ring is 1. The molecule has 1 aromatic heterocycles. The van der Waals surface area contributed by atoms with Crippen LogP contribution < -0.4 is 5.73 Å². The van der Waals surface area contributed by atoms with Gasteiger partial charge in [0.15, 0.2) is 5.78 Å². The number of anilines is 1. The molecule has 4 aromatic rings. The highest BCUT2D eigenvalue weighted by Crippen LogP contribution is 2.42. The first-order chi connectivity index (χ1) is 18.5. The van der Waals surface area contributed by atoms with Gasteiger partial charge < -0.3 is 10.8 Å². The second-order valence-corrected chi connectivity index (χ2v) is 10.0. The average Bonchev–Trinajstić information content (AvgIpc) is 3.20. The fourth-order valence-corrected chi connectivity index (χ4v) is 4.88. The Hall–Kier alpha value is -3.62. The lowest BCUT2D eigenvalue weighted by molar-refractivity contribution is -0.137. The van der Waals surface area contributed by atoms with Crippen molar-refractivity contribution in [1.29, 1.82) is 0 Å². The summed E-state index contributed by atoms with van der Waals surface area (Å²) in [4.78, 5) is 52.5. The van der Waals surface area contributed by atoms with Crippen LogP contribution in [0.15, 0.2) is 66.7 Å². The number of carbonyl (C=O) groups is 4. The molecule has 0 spiro atoms. The van der Waals surface area contributed by atoms with E-state index in [-0.39, 0.29) is 54.4 Å². The molecule has 198 valence electrons. The van der Waals surface area contributed by atoms with Crippen molar-refractivity contribution < 1.29 is 24.3 Å². The number of benzene rings is 3. The molecule has 0 amide bonds. The Balaban J connectivity index is 2.10. The van der Waals surface area contributed by atoms with Crippen molar-refractivity contribution in [2.24, 2.45) is 0 Å². The molecule has 0 atom stereocenters. The first-order valence-electron chi connectivity index (χ1n) is 11.3. The number of nitrogens with zero attached hydrogens (tertiary/aromatic N) is 1. The summed E-state index contributed by atoms with van der Waals surface area (Å²) in [6.07, 6.45) is -1.01. The Morgan fingerprint density at radius 1 is 0.744 bits per heavy atom. The highest BCUT2D eigenvalue weighted by molar-refractivity contribution is 6.42. The zero-order chi connectivity index (χ0) is 28.4. The summed E-state index contributed by atoms with van der Waals surface area (Å²) >= 11 is 24.8. The second-order valence-electron chi connectivity index (χ2n) is 8.38. The monoisotopic (exact) mass is 602 g/mol. The van der Waals surface area contributed by atoms with Gasteiger partial charge in [-0.1, -0.05) is 82.8 Å². The topological polar surface area (TPSA) is 119 Å². The van der Waals surface area contributed by atoms with Gasteiger partial charge in [-0.05, 0) is 30.3 Å². The van der Waals surface area contributed by atoms with Crippen molar-refractivity contribution in [3.05, 3.63) is 109 Å². The van der Waals surface area contributed by atoms with E-state index in [2.05, 4.69) is 0 Å². The van der Waals surface area contributed by atoms with E-state index in [0.29, 0.717) is 5.02 Å². The number of carboxylic acid groups (broad SMARTS) is 1. The summed E-state index contributed by atoms with van der Waals surface area (Å²) in [5, 5.41) is 9.85. The van der Waals surface area contributed by atoms with Gasteiger partial charge in [0.2, 0.25) is 11.7 Å². The maximum Gasteiger partial charge on any atom is 0.303 e. The van der Waals surface area contributed by atoms with Gasteiger partial charge in [0.25, 0.3) is 0 Å². The first kappa shape index (κ1) is 28.4. The van der Waals surface area contributed by atoms with E-state index in [1.165, 1.54) is 48.5 Å². The molecule has 39 heavy (non-hydrogen) atoms. The van der Waals surface area contributed by atoms with E-state index in [4.69, 9.17) is 57.2 Å². The number of nitrogens with two attached hydrogens (primary N) is 1. The SMILES string of the molecule is Nc1c(C(=O)c2ccc(Cl)c(Cl)c2)c(-c2ccc(Cl)cc2Cl)c(C(=O)c2ccccc2)n1C(=O)CCC(=O)O. The van der Waals surface area contributed by atoms with Gasteiger partial charge in [-0.25, -0.2) is 0 Å². The number of halogens is 4. The average molecular weight is 604 g/mol. The van der Waals surface area contributed by atoms with Crippen molar-refractivity contribution in [3.63, 3.8) is 0 Å². The lowest BCUT2D eigenvalue weighted by atomic mass is 9.93. The van der Waals surface area contributed by atoms with Crippen LogP contribution in [0, 0.1) is 0 Å². The number of ketones is 2. The third kappa shape index (κ3) is 5.72. The molecule has 0 saturated heterocycles. The third-order valence-corrected chi connectivity index (χ3v) is 7.16. The molecule has 0 aliphatic heterocycles. The molecule has 3 aromatic carbocycles. The highest BCUT2D eigenvalue weighted by atomic mass is 35.5. The van der Waals surface area contributed by atoms with Crippen LogP contribution in [0.2, 0.25) is 20.1 Å². The van der Waals surface area contributed by atoms with E-state index in [1.54, 1.807) is 18.2 Å². The summed E-state index contributed by atoms with van der Waals surface area (Å²) in [7, 11) is 0. The fraction of sp³-hybridized carbons (Fsp3) is 0.0714.